The van der Waals surface area contributed by atoms with Crippen LogP contribution in [0, 0.1) is 0 Å². The van der Waals surface area contributed by atoms with Gasteiger partial charge in [-0.25, -0.2) is 9.59 Å². The van der Waals surface area contributed by atoms with Crippen LogP contribution in [0.3, 0.4) is 0 Å². The van der Waals surface area contributed by atoms with E-state index in [-0.39, 0.29) is 11.9 Å². The second-order valence-electron chi connectivity index (χ2n) is 7.04. The summed E-state index contributed by atoms with van der Waals surface area (Å²) in [6, 6.07) is 6.06. The minimum Gasteiger partial charge on any atom is -0.463 e. The third-order valence-corrected chi connectivity index (χ3v) is 4.63. The molecule has 0 unspecified atom stereocenters. The van der Waals surface area contributed by atoms with Gasteiger partial charge in [0.05, 0.1) is 18.8 Å². The predicted molar refractivity (Wildman–Crippen MR) is 114 cm³/mol. The molecular formula is C22H33BO6. The van der Waals surface area contributed by atoms with Crippen LogP contribution >= 0.6 is 0 Å². The fourth-order valence-corrected chi connectivity index (χ4v) is 2.89. The van der Waals surface area contributed by atoms with Crippen molar-refractivity contribution in [3.05, 3.63) is 42.5 Å². The van der Waals surface area contributed by atoms with Crippen molar-refractivity contribution in [2.75, 3.05) is 13.2 Å². The van der Waals surface area contributed by atoms with E-state index in [1.54, 1.807) is 0 Å². The first-order chi connectivity index (χ1) is 14.0. The Morgan fingerprint density at radius 3 is 1.69 bits per heavy atom. The van der Waals surface area contributed by atoms with Crippen LogP contribution in [0.5, 0.6) is 0 Å². The van der Waals surface area contributed by atoms with Gasteiger partial charge in [0, 0.05) is 6.08 Å². The summed E-state index contributed by atoms with van der Waals surface area (Å²) in [5.74, 6) is -0.736. The lowest BCUT2D eigenvalue weighted by molar-refractivity contribution is -0.137. The highest BCUT2D eigenvalue weighted by Crippen LogP contribution is 2.11. The first-order valence-corrected chi connectivity index (χ1v) is 10.5. The number of benzene rings is 1. The standard InChI is InChI=1S/C22H33BO6/c1-2-21(24)28-17-11-9-7-5-3-4-6-8-10-12-18-29-22(25)19-13-15-20(16-14-19)23(26)27/h2,13-16,26-27H,1,3-12,17-18H2. The van der Waals surface area contributed by atoms with Gasteiger partial charge in [0.25, 0.3) is 0 Å². The summed E-state index contributed by atoms with van der Waals surface area (Å²) in [6.45, 7) is 4.24. The molecule has 1 rings (SSSR count). The largest absolute Gasteiger partial charge is 0.488 e. The molecule has 0 aromatic heterocycles. The molecule has 1 aromatic carbocycles. The molecule has 0 spiro atoms. The van der Waals surface area contributed by atoms with Crippen molar-refractivity contribution in [2.45, 2.75) is 64.2 Å². The van der Waals surface area contributed by atoms with Crippen molar-refractivity contribution in [2.24, 2.45) is 0 Å². The summed E-state index contributed by atoms with van der Waals surface area (Å²) in [4.78, 5) is 22.8. The lowest BCUT2D eigenvalue weighted by Gasteiger charge is -2.06. The number of ether oxygens (including phenoxy) is 2. The molecule has 0 aliphatic rings. The van der Waals surface area contributed by atoms with Crippen LogP contribution in [0.4, 0.5) is 0 Å². The van der Waals surface area contributed by atoms with E-state index in [2.05, 4.69) is 6.58 Å². The number of rotatable bonds is 16. The van der Waals surface area contributed by atoms with Crippen LogP contribution in [0.2, 0.25) is 0 Å². The fraction of sp³-hybridized carbons (Fsp3) is 0.545. The number of hydrogen-bond acceptors (Lipinski definition) is 6. The maximum Gasteiger partial charge on any atom is 0.488 e. The van der Waals surface area contributed by atoms with E-state index < -0.39 is 7.12 Å². The summed E-state index contributed by atoms with van der Waals surface area (Å²) in [7, 11) is -1.53. The molecule has 0 heterocycles. The number of unbranched alkanes of at least 4 members (excludes halogenated alkanes) is 9. The van der Waals surface area contributed by atoms with Crippen LogP contribution in [-0.4, -0.2) is 42.3 Å². The smallest absolute Gasteiger partial charge is 0.463 e. The molecule has 2 N–H and O–H groups in total. The summed E-state index contributed by atoms with van der Waals surface area (Å²) in [6.07, 6.45) is 12.2. The van der Waals surface area contributed by atoms with Crippen LogP contribution in [0.25, 0.3) is 0 Å². The third-order valence-electron chi connectivity index (χ3n) is 4.63. The quantitative estimate of drug-likeness (QED) is 0.190. The molecule has 6 nitrogen and oxygen atoms in total. The van der Waals surface area contributed by atoms with Gasteiger partial charge in [-0.15, -0.1) is 0 Å². The second kappa shape index (κ2) is 15.8. The molecule has 160 valence electrons. The highest BCUT2D eigenvalue weighted by molar-refractivity contribution is 6.58. The minimum absolute atomic E-state index is 0.343. The Labute approximate surface area is 174 Å². The Hall–Kier alpha value is -2.12. The van der Waals surface area contributed by atoms with Gasteiger partial charge in [-0.05, 0) is 30.4 Å². The zero-order valence-electron chi connectivity index (χ0n) is 17.2. The zero-order valence-corrected chi connectivity index (χ0v) is 17.2. The van der Waals surface area contributed by atoms with E-state index in [1.807, 2.05) is 0 Å². The fourth-order valence-electron chi connectivity index (χ4n) is 2.89. The molecule has 0 bridgehead atoms. The maximum absolute atomic E-state index is 11.9. The number of carbonyl (C=O) groups is 2. The van der Waals surface area contributed by atoms with Crippen LogP contribution in [-0.2, 0) is 14.3 Å². The molecule has 0 amide bonds. The van der Waals surface area contributed by atoms with Gasteiger partial charge in [0.1, 0.15) is 0 Å². The monoisotopic (exact) mass is 404 g/mol. The number of carbonyl (C=O) groups excluding carboxylic acids is 2. The van der Waals surface area contributed by atoms with Crippen molar-refractivity contribution >= 4 is 24.5 Å². The highest BCUT2D eigenvalue weighted by Gasteiger charge is 2.12. The maximum atomic E-state index is 11.9. The van der Waals surface area contributed by atoms with E-state index >= 15 is 0 Å². The van der Waals surface area contributed by atoms with Gasteiger partial charge in [-0.2, -0.15) is 0 Å². The molecule has 0 aliphatic carbocycles. The highest BCUT2D eigenvalue weighted by atomic mass is 16.5. The summed E-state index contributed by atoms with van der Waals surface area (Å²) < 4.78 is 10.2. The first kappa shape index (κ1) is 24.9. The Balaban J connectivity index is 1.90. The van der Waals surface area contributed by atoms with Gasteiger partial charge in [-0.1, -0.05) is 70.1 Å². The van der Waals surface area contributed by atoms with Crippen LogP contribution < -0.4 is 5.46 Å². The van der Waals surface area contributed by atoms with Gasteiger partial charge in [-0.3, -0.25) is 0 Å². The Kier molecular flexibility index (Phi) is 13.5. The molecule has 0 radical (unpaired) electrons. The van der Waals surface area contributed by atoms with Crippen LogP contribution in [0.15, 0.2) is 36.9 Å². The summed E-state index contributed by atoms with van der Waals surface area (Å²) >= 11 is 0. The molecule has 0 atom stereocenters. The Morgan fingerprint density at radius 1 is 0.793 bits per heavy atom. The average molecular weight is 404 g/mol. The minimum atomic E-state index is -1.53. The van der Waals surface area contributed by atoms with E-state index in [0.717, 1.165) is 32.1 Å². The van der Waals surface area contributed by atoms with E-state index in [0.29, 0.717) is 24.2 Å². The first-order valence-electron chi connectivity index (χ1n) is 10.5. The average Bonchev–Trinajstić information content (AvgIpc) is 2.73. The number of esters is 2. The SMILES string of the molecule is C=CC(=O)OCCCCCCCCCCCCOC(=O)c1ccc(B(O)O)cc1. The van der Waals surface area contributed by atoms with E-state index in [4.69, 9.17) is 19.5 Å². The molecule has 0 saturated carbocycles. The lowest BCUT2D eigenvalue weighted by Crippen LogP contribution is -2.29. The Bertz CT molecular complexity index is 600. The van der Waals surface area contributed by atoms with Crippen molar-refractivity contribution in [1.82, 2.24) is 0 Å². The van der Waals surface area contributed by atoms with Crippen LogP contribution in [0.1, 0.15) is 74.6 Å². The second-order valence-corrected chi connectivity index (χ2v) is 7.04. The van der Waals surface area contributed by atoms with E-state index in [9.17, 15) is 9.59 Å². The van der Waals surface area contributed by atoms with Gasteiger partial charge in [0.2, 0.25) is 0 Å². The van der Waals surface area contributed by atoms with Gasteiger partial charge in [0.15, 0.2) is 0 Å². The normalized spacial score (nSPS) is 10.4. The molecule has 29 heavy (non-hydrogen) atoms. The topological polar surface area (TPSA) is 93.1 Å². The summed E-state index contributed by atoms with van der Waals surface area (Å²) in [5, 5.41) is 18.1. The summed E-state index contributed by atoms with van der Waals surface area (Å²) in [5.41, 5.74) is 0.754. The van der Waals surface area contributed by atoms with Crippen molar-refractivity contribution < 1.29 is 29.1 Å². The predicted octanol–water partition coefficient (Wildman–Crippen LogP) is 3.15. The molecule has 0 fully saturated rings. The molecule has 7 heteroatoms. The Morgan fingerprint density at radius 2 is 1.24 bits per heavy atom. The molecular weight excluding hydrogens is 371 g/mol. The third kappa shape index (κ3) is 12.1. The van der Waals surface area contributed by atoms with Crippen molar-refractivity contribution in [3.63, 3.8) is 0 Å². The van der Waals surface area contributed by atoms with Gasteiger partial charge >= 0.3 is 19.1 Å². The molecule has 1 aromatic rings. The molecule has 0 aliphatic heterocycles. The zero-order chi connectivity index (χ0) is 21.3. The van der Waals surface area contributed by atoms with Crippen molar-refractivity contribution in [1.29, 1.82) is 0 Å². The van der Waals surface area contributed by atoms with E-state index in [1.165, 1.54) is 62.4 Å². The van der Waals surface area contributed by atoms with Crippen molar-refractivity contribution in [3.8, 4) is 0 Å². The molecule has 0 saturated heterocycles. The lowest BCUT2D eigenvalue weighted by atomic mass is 9.80. The number of hydrogen-bond donors (Lipinski definition) is 2. The van der Waals surface area contributed by atoms with Gasteiger partial charge < -0.3 is 19.5 Å².